The van der Waals surface area contributed by atoms with Crippen LogP contribution in [-0.2, 0) is 16.2 Å². The first-order valence-corrected chi connectivity index (χ1v) is 16.7. The van der Waals surface area contributed by atoms with Gasteiger partial charge in [-0.3, -0.25) is 0 Å². The molecule has 0 aromatic heterocycles. The number of methoxy groups -OCH3 is 1. The van der Waals surface area contributed by atoms with Gasteiger partial charge in [0.05, 0.1) is 23.8 Å². The summed E-state index contributed by atoms with van der Waals surface area (Å²) in [6, 6.07) is 34.0. The van der Waals surface area contributed by atoms with Crippen molar-refractivity contribution in [3.8, 4) is 23.0 Å². The van der Waals surface area contributed by atoms with Crippen molar-refractivity contribution >= 4 is 17.9 Å². The fraction of sp³-hybridized carbons (Fsp3) is 0.233. The van der Waals surface area contributed by atoms with Crippen LogP contribution >= 0.6 is 0 Å². The van der Waals surface area contributed by atoms with Gasteiger partial charge >= 0.3 is 17.9 Å². The zero-order valence-corrected chi connectivity index (χ0v) is 28.7. The summed E-state index contributed by atoms with van der Waals surface area (Å²) >= 11 is 0. The first-order chi connectivity index (χ1) is 23.9. The molecular formula is C43H38O7. The smallest absolute Gasteiger partial charge is 0.343 e. The largest absolute Gasteiger partial charge is 0.493 e. The molecule has 0 aliphatic heterocycles. The maximum atomic E-state index is 13.5. The quantitative estimate of drug-likeness (QED) is 0.127. The highest BCUT2D eigenvalue weighted by Gasteiger charge is 2.57. The lowest BCUT2D eigenvalue weighted by Crippen LogP contribution is -2.27. The maximum Gasteiger partial charge on any atom is 0.343 e. The minimum atomic E-state index is -0.562. The maximum absolute atomic E-state index is 13.5. The third kappa shape index (κ3) is 5.72. The molecule has 7 heteroatoms. The SMILES string of the molecule is COc1cc2c(cc1OC(=O)c1ccccc1)C(C)(C)CC21CC(C)(C)c2cc(OC(=O)c3ccccc3)c(OC(=O)c3ccccc3)cc21. The predicted octanol–water partition coefficient (Wildman–Crippen LogP) is 9.00. The lowest BCUT2D eigenvalue weighted by atomic mass is 9.72. The molecule has 252 valence electrons. The monoisotopic (exact) mass is 666 g/mol. The molecule has 50 heavy (non-hydrogen) atoms. The van der Waals surface area contributed by atoms with E-state index in [0.29, 0.717) is 28.2 Å². The van der Waals surface area contributed by atoms with Gasteiger partial charge in [-0.05, 0) is 107 Å². The molecule has 0 heterocycles. The third-order valence-electron chi connectivity index (χ3n) is 10.0. The van der Waals surface area contributed by atoms with Crippen LogP contribution in [0.3, 0.4) is 0 Å². The van der Waals surface area contributed by atoms with Crippen LogP contribution in [0.4, 0.5) is 0 Å². The van der Waals surface area contributed by atoms with Crippen molar-refractivity contribution in [2.24, 2.45) is 0 Å². The van der Waals surface area contributed by atoms with Gasteiger partial charge in [0.1, 0.15) is 0 Å². The summed E-state index contributed by atoms with van der Waals surface area (Å²) < 4.78 is 23.8. The number of hydrogen-bond acceptors (Lipinski definition) is 7. The fourth-order valence-electron chi connectivity index (χ4n) is 7.92. The third-order valence-corrected chi connectivity index (χ3v) is 10.0. The molecule has 1 unspecified atom stereocenters. The molecule has 0 bridgehead atoms. The summed E-state index contributed by atoms with van der Waals surface area (Å²) in [6.07, 6.45) is 1.47. The van der Waals surface area contributed by atoms with E-state index in [1.807, 2.05) is 42.5 Å². The Kier molecular flexibility index (Phi) is 8.10. The van der Waals surface area contributed by atoms with Crippen molar-refractivity contribution in [3.05, 3.63) is 154 Å². The Hall–Kier alpha value is -5.69. The highest BCUT2D eigenvalue weighted by molar-refractivity contribution is 5.94. The fourth-order valence-corrected chi connectivity index (χ4v) is 7.92. The van der Waals surface area contributed by atoms with Crippen LogP contribution in [0.1, 0.15) is 93.9 Å². The Morgan fingerprint density at radius 2 is 0.760 bits per heavy atom. The summed E-state index contributed by atoms with van der Waals surface area (Å²) in [4.78, 5) is 39.9. The van der Waals surface area contributed by atoms with Crippen molar-refractivity contribution in [2.75, 3.05) is 7.11 Å². The van der Waals surface area contributed by atoms with Gasteiger partial charge in [0.2, 0.25) is 0 Å². The molecule has 0 saturated heterocycles. The van der Waals surface area contributed by atoms with Crippen LogP contribution in [0.15, 0.2) is 115 Å². The zero-order chi connectivity index (χ0) is 35.3. The molecule has 1 atom stereocenters. The number of carbonyl (C=O) groups is 3. The van der Waals surface area contributed by atoms with Crippen LogP contribution in [-0.4, -0.2) is 25.0 Å². The molecular weight excluding hydrogens is 628 g/mol. The number of esters is 3. The number of benzene rings is 5. The molecule has 0 fully saturated rings. The van der Waals surface area contributed by atoms with E-state index in [0.717, 1.165) is 35.1 Å². The van der Waals surface area contributed by atoms with Gasteiger partial charge in [0.25, 0.3) is 0 Å². The first-order valence-electron chi connectivity index (χ1n) is 16.7. The van der Waals surface area contributed by atoms with E-state index in [1.165, 1.54) is 0 Å². The average Bonchev–Trinajstić information content (AvgIpc) is 3.47. The van der Waals surface area contributed by atoms with Crippen molar-refractivity contribution in [1.82, 2.24) is 0 Å². The van der Waals surface area contributed by atoms with Crippen LogP contribution < -0.4 is 18.9 Å². The summed E-state index contributed by atoms with van der Waals surface area (Å²) in [7, 11) is 1.56. The van der Waals surface area contributed by atoms with Crippen LogP contribution in [0, 0.1) is 0 Å². The van der Waals surface area contributed by atoms with Gasteiger partial charge in [0, 0.05) is 5.41 Å². The molecule has 0 radical (unpaired) electrons. The van der Waals surface area contributed by atoms with Gasteiger partial charge in [-0.15, -0.1) is 0 Å². The van der Waals surface area contributed by atoms with Gasteiger partial charge in [-0.25, -0.2) is 14.4 Å². The molecule has 2 aliphatic carbocycles. The van der Waals surface area contributed by atoms with E-state index < -0.39 is 23.3 Å². The second-order valence-corrected chi connectivity index (χ2v) is 14.4. The van der Waals surface area contributed by atoms with Gasteiger partial charge in [-0.1, -0.05) is 82.3 Å². The van der Waals surface area contributed by atoms with Gasteiger partial charge < -0.3 is 18.9 Å². The molecule has 5 aromatic carbocycles. The van der Waals surface area contributed by atoms with Gasteiger partial charge in [-0.2, -0.15) is 0 Å². The normalized spacial score (nSPS) is 17.8. The van der Waals surface area contributed by atoms with Crippen molar-refractivity contribution < 1.29 is 33.3 Å². The Balaban J connectivity index is 1.36. The standard InChI is InChI=1S/C43H38O7/c1-41(2)25-43(32-23-34(47-5)35(21-30(32)41)48-38(44)27-15-9-6-10-16-27)26-42(3,4)31-22-36(49-39(45)28-17-11-7-12-18-28)37(24-33(31)43)50-40(46)29-19-13-8-14-20-29/h6-24H,25-26H2,1-5H3. The molecule has 0 amide bonds. The molecule has 0 saturated carbocycles. The van der Waals surface area contributed by atoms with E-state index in [2.05, 4.69) is 27.7 Å². The molecule has 1 spiro atoms. The number of rotatable bonds is 7. The van der Waals surface area contributed by atoms with E-state index in [1.54, 1.807) is 79.9 Å². The summed E-state index contributed by atoms with van der Waals surface area (Å²) in [5.74, 6) is -0.459. The Bertz CT molecular complexity index is 2110. The molecule has 7 nitrogen and oxygen atoms in total. The second-order valence-electron chi connectivity index (χ2n) is 14.4. The average molecular weight is 667 g/mol. The summed E-state index contributed by atoms with van der Waals surface area (Å²) in [6.45, 7) is 8.73. The number of carbonyl (C=O) groups excluding carboxylic acids is 3. The lowest BCUT2D eigenvalue weighted by molar-refractivity contribution is 0.0682. The number of hydrogen-bond donors (Lipinski definition) is 0. The van der Waals surface area contributed by atoms with E-state index >= 15 is 0 Å². The summed E-state index contributed by atoms with van der Waals surface area (Å²) in [5.41, 5.74) is 4.09. The molecule has 5 aromatic rings. The molecule has 2 aliphatic rings. The van der Waals surface area contributed by atoms with Crippen LogP contribution in [0.5, 0.6) is 23.0 Å². The Labute approximate surface area is 291 Å². The molecule has 0 N–H and O–H groups in total. The predicted molar refractivity (Wildman–Crippen MR) is 190 cm³/mol. The highest BCUT2D eigenvalue weighted by atomic mass is 16.6. The van der Waals surface area contributed by atoms with Crippen molar-refractivity contribution in [1.29, 1.82) is 0 Å². The first kappa shape index (κ1) is 32.8. The lowest BCUT2D eigenvalue weighted by Gasteiger charge is -2.30. The summed E-state index contributed by atoms with van der Waals surface area (Å²) in [5, 5.41) is 0. The zero-order valence-electron chi connectivity index (χ0n) is 28.7. The number of fused-ring (bicyclic) bond motifs is 4. The van der Waals surface area contributed by atoms with Crippen LogP contribution in [0.25, 0.3) is 0 Å². The topological polar surface area (TPSA) is 88.1 Å². The minimum Gasteiger partial charge on any atom is -0.493 e. The van der Waals surface area contributed by atoms with E-state index in [4.69, 9.17) is 18.9 Å². The van der Waals surface area contributed by atoms with Gasteiger partial charge in [0.15, 0.2) is 23.0 Å². The highest BCUT2D eigenvalue weighted by Crippen LogP contribution is 2.65. The minimum absolute atomic E-state index is 0.158. The number of ether oxygens (including phenoxy) is 4. The van der Waals surface area contributed by atoms with E-state index in [-0.39, 0.29) is 22.3 Å². The molecule has 7 rings (SSSR count). The Morgan fingerprint density at radius 3 is 1.10 bits per heavy atom. The van der Waals surface area contributed by atoms with Crippen molar-refractivity contribution in [2.45, 2.75) is 56.8 Å². The van der Waals surface area contributed by atoms with Crippen molar-refractivity contribution in [3.63, 3.8) is 0 Å². The second kappa shape index (κ2) is 12.3. The Morgan fingerprint density at radius 1 is 0.460 bits per heavy atom. The van der Waals surface area contributed by atoms with Crippen LogP contribution in [0.2, 0.25) is 0 Å². The van der Waals surface area contributed by atoms with E-state index in [9.17, 15) is 14.4 Å².